The maximum atomic E-state index is 11.7. The Balaban J connectivity index is 2.52. The maximum Gasteiger partial charge on any atom is 0.224 e. The molecule has 0 spiro atoms. The Labute approximate surface area is 117 Å². The normalized spacial score (nSPS) is 11.4. The number of aliphatic hydroxyl groups is 1. The fourth-order valence-electron chi connectivity index (χ4n) is 1.29. The van der Waals surface area contributed by atoms with Gasteiger partial charge in [0.25, 0.3) is 0 Å². The van der Waals surface area contributed by atoms with Gasteiger partial charge in [-0.2, -0.15) is 0 Å². The minimum Gasteiger partial charge on any atom is -0.396 e. The van der Waals surface area contributed by atoms with Crippen molar-refractivity contribution in [3.05, 3.63) is 33.8 Å². The van der Waals surface area contributed by atoms with Gasteiger partial charge in [0.2, 0.25) is 5.91 Å². The number of hydrogen-bond acceptors (Lipinski definition) is 2. The summed E-state index contributed by atoms with van der Waals surface area (Å²) >= 11 is 11.7. The summed E-state index contributed by atoms with van der Waals surface area (Å²) in [5.41, 5.74) is 0.497. The van der Waals surface area contributed by atoms with Crippen molar-refractivity contribution in [2.24, 2.45) is 5.41 Å². The van der Waals surface area contributed by atoms with Gasteiger partial charge >= 0.3 is 0 Å². The van der Waals surface area contributed by atoms with Crippen LogP contribution in [0.1, 0.15) is 19.4 Å². The molecule has 0 saturated carbocycles. The van der Waals surface area contributed by atoms with Crippen molar-refractivity contribution < 1.29 is 9.90 Å². The fraction of sp³-hybridized carbons (Fsp3) is 0.462. The van der Waals surface area contributed by atoms with Crippen molar-refractivity contribution in [2.45, 2.75) is 20.3 Å². The topological polar surface area (TPSA) is 49.3 Å². The van der Waals surface area contributed by atoms with Crippen molar-refractivity contribution in [1.82, 2.24) is 5.32 Å². The van der Waals surface area contributed by atoms with Crippen LogP contribution in [0.2, 0.25) is 10.0 Å². The highest BCUT2D eigenvalue weighted by Crippen LogP contribution is 2.22. The van der Waals surface area contributed by atoms with Gasteiger partial charge in [-0.15, -0.1) is 0 Å². The summed E-state index contributed by atoms with van der Waals surface area (Å²) < 4.78 is 0. The second-order valence-electron chi connectivity index (χ2n) is 5.02. The molecule has 0 aliphatic carbocycles. The van der Waals surface area contributed by atoms with E-state index in [1.165, 1.54) is 0 Å². The molecule has 2 N–H and O–H groups in total. The molecular formula is C13H17Cl2NO2. The Kier molecular flexibility index (Phi) is 5.45. The Bertz CT molecular complexity index is 433. The lowest BCUT2D eigenvalue weighted by atomic mass is 9.95. The maximum absolute atomic E-state index is 11.7. The minimum absolute atomic E-state index is 0.0278. The first-order chi connectivity index (χ1) is 8.34. The Hall–Kier alpha value is -0.770. The van der Waals surface area contributed by atoms with Gasteiger partial charge in [-0.3, -0.25) is 4.79 Å². The predicted molar refractivity (Wildman–Crippen MR) is 74.0 cm³/mol. The van der Waals surface area contributed by atoms with Crippen LogP contribution in [-0.2, 0) is 11.2 Å². The van der Waals surface area contributed by atoms with Crippen molar-refractivity contribution in [1.29, 1.82) is 0 Å². The lowest BCUT2D eigenvalue weighted by Crippen LogP contribution is -2.36. The number of carbonyl (C=O) groups is 1. The minimum atomic E-state index is -0.312. The van der Waals surface area contributed by atoms with Crippen molar-refractivity contribution in [2.75, 3.05) is 13.2 Å². The average molecular weight is 290 g/mol. The van der Waals surface area contributed by atoms with Gasteiger partial charge in [0.05, 0.1) is 16.5 Å². The van der Waals surface area contributed by atoms with Crippen LogP contribution in [0.25, 0.3) is 0 Å². The van der Waals surface area contributed by atoms with E-state index in [0.717, 1.165) is 5.56 Å². The summed E-state index contributed by atoms with van der Waals surface area (Å²) in [5, 5.41) is 12.8. The monoisotopic (exact) mass is 289 g/mol. The molecule has 1 amide bonds. The molecule has 100 valence electrons. The second kappa shape index (κ2) is 6.41. The van der Waals surface area contributed by atoms with E-state index in [1.54, 1.807) is 18.2 Å². The number of hydrogen-bond donors (Lipinski definition) is 2. The van der Waals surface area contributed by atoms with Crippen LogP contribution in [-0.4, -0.2) is 24.2 Å². The summed E-state index contributed by atoms with van der Waals surface area (Å²) in [6.07, 6.45) is 0.248. The molecule has 18 heavy (non-hydrogen) atoms. The van der Waals surface area contributed by atoms with Gasteiger partial charge in [0, 0.05) is 18.6 Å². The van der Waals surface area contributed by atoms with Crippen LogP contribution in [0, 0.1) is 5.41 Å². The highest BCUT2D eigenvalue weighted by molar-refractivity contribution is 6.42. The number of benzene rings is 1. The third kappa shape index (κ3) is 4.84. The van der Waals surface area contributed by atoms with E-state index in [0.29, 0.717) is 16.6 Å². The lowest BCUT2D eigenvalue weighted by molar-refractivity contribution is -0.121. The van der Waals surface area contributed by atoms with E-state index in [9.17, 15) is 4.79 Å². The third-order valence-corrected chi connectivity index (χ3v) is 3.28. The molecule has 0 saturated heterocycles. The number of carbonyl (C=O) groups excluding carboxylic acids is 1. The van der Waals surface area contributed by atoms with Crippen LogP contribution in [0.5, 0.6) is 0 Å². The number of nitrogens with one attached hydrogen (secondary N) is 1. The molecule has 1 aromatic rings. The Morgan fingerprint density at radius 2 is 2.00 bits per heavy atom. The number of halogens is 2. The highest BCUT2D eigenvalue weighted by Gasteiger charge is 2.17. The van der Waals surface area contributed by atoms with E-state index < -0.39 is 0 Å². The molecule has 0 heterocycles. The summed E-state index contributed by atoms with van der Waals surface area (Å²) in [7, 11) is 0. The van der Waals surface area contributed by atoms with Gasteiger partial charge < -0.3 is 10.4 Å². The van der Waals surface area contributed by atoms with Crippen LogP contribution < -0.4 is 5.32 Å². The van der Waals surface area contributed by atoms with Crippen molar-refractivity contribution in [3.8, 4) is 0 Å². The van der Waals surface area contributed by atoms with E-state index in [-0.39, 0.29) is 24.3 Å². The fourth-order valence-corrected chi connectivity index (χ4v) is 1.61. The summed E-state index contributed by atoms with van der Waals surface area (Å²) in [5.74, 6) is -0.102. The van der Waals surface area contributed by atoms with E-state index in [1.807, 2.05) is 13.8 Å². The van der Waals surface area contributed by atoms with Crippen LogP contribution in [0.15, 0.2) is 18.2 Å². The molecule has 1 aromatic carbocycles. The third-order valence-electron chi connectivity index (χ3n) is 2.54. The smallest absolute Gasteiger partial charge is 0.224 e. The molecule has 1 rings (SSSR count). The summed E-state index contributed by atoms with van der Waals surface area (Å²) in [6, 6.07) is 5.12. The largest absolute Gasteiger partial charge is 0.396 e. The molecule has 0 aromatic heterocycles. The number of amides is 1. The molecule has 0 fully saturated rings. The first kappa shape index (κ1) is 15.3. The van der Waals surface area contributed by atoms with E-state index in [2.05, 4.69) is 5.32 Å². The molecule has 3 nitrogen and oxygen atoms in total. The van der Waals surface area contributed by atoms with Gasteiger partial charge in [0.1, 0.15) is 0 Å². The number of aliphatic hydroxyl groups excluding tert-OH is 1. The standard InChI is InChI=1S/C13H17Cl2NO2/c1-13(2,8-17)7-16-12(18)6-9-3-4-10(14)11(15)5-9/h3-5,17H,6-8H2,1-2H3,(H,16,18). The second-order valence-corrected chi connectivity index (χ2v) is 5.84. The Morgan fingerprint density at radius 1 is 1.33 bits per heavy atom. The predicted octanol–water partition coefficient (Wildman–Crippen LogP) is 2.67. The van der Waals surface area contributed by atoms with Crippen molar-refractivity contribution in [3.63, 3.8) is 0 Å². The van der Waals surface area contributed by atoms with Crippen LogP contribution in [0.4, 0.5) is 0 Å². The first-order valence-corrected chi connectivity index (χ1v) is 6.41. The zero-order valence-corrected chi connectivity index (χ0v) is 12.0. The zero-order chi connectivity index (χ0) is 13.8. The molecule has 0 aliphatic rings. The van der Waals surface area contributed by atoms with Gasteiger partial charge in [0.15, 0.2) is 0 Å². The molecule has 0 radical (unpaired) electrons. The molecule has 0 atom stereocenters. The SMILES string of the molecule is CC(C)(CO)CNC(=O)Cc1ccc(Cl)c(Cl)c1. The van der Waals surface area contributed by atoms with Gasteiger partial charge in [-0.1, -0.05) is 43.1 Å². The lowest BCUT2D eigenvalue weighted by Gasteiger charge is -2.21. The van der Waals surface area contributed by atoms with Gasteiger partial charge in [-0.25, -0.2) is 0 Å². The molecule has 0 aliphatic heterocycles. The Morgan fingerprint density at radius 3 is 2.56 bits per heavy atom. The van der Waals surface area contributed by atoms with E-state index in [4.69, 9.17) is 28.3 Å². The number of rotatable bonds is 5. The van der Waals surface area contributed by atoms with Crippen LogP contribution in [0.3, 0.4) is 0 Å². The van der Waals surface area contributed by atoms with E-state index >= 15 is 0 Å². The van der Waals surface area contributed by atoms with Crippen molar-refractivity contribution >= 4 is 29.1 Å². The first-order valence-electron chi connectivity index (χ1n) is 5.65. The van der Waals surface area contributed by atoms with Gasteiger partial charge in [-0.05, 0) is 17.7 Å². The molecule has 0 bridgehead atoms. The zero-order valence-electron chi connectivity index (χ0n) is 10.5. The average Bonchev–Trinajstić information content (AvgIpc) is 2.32. The quantitative estimate of drug-likeness (QED) is 0.876. The summed E-state index contributed by atoms with van der Waals surface area (Å²) in [6.45, 7) is 4.22. The molecule has 5 heteroatoms. The molecule has 0 unspecified atom stereocenters. The highest BCUT2D eigenvalue weighted by atomic mass is 35.5. The van der Waals surface area contributed by atoms with Crippen LogP contribution >= 0.6 is 23.2 Å². The molecular weight excluding hydrogens is 273 g/mol. The summed E-state index contributed by atoms with van der Waals surface area (Å²) in [4.78, 5) is 11.7.